The van der Waals surface area contributed by atoms with E-state index in [9.17, 15) is 4.79 Å². The Morgan fingerprint density at radius 3 is 2.40 bits per heavy atom. The normalized spacial score (nSPS) is 15.7. The smallest absolute Gasteiger partial charge is 0.255 e. The summed E-state index contributed by atoms with van der Waals surface area (Å²) in [5, 5.41) is 0. The van der Waals surface area contributed by atoms with Crippen LogP contribution in [-0.2, 0) is 5.88 Å². The standard InChI is InChI=1S/C17H18ClNO/c18-12-14-10-11-16(13-6-2-1-3-7-13)19(17(14)20)15-8-4-5-9-15/h1-3,6-7,10-11,15H,4-5,8-9,12H2. The SMILES string of the molecule is O=c1c(CCl)ccc(-c2ccccc2)n1C1CCCC1. The highest BCUT2D eigenvalue weighted by Crippen LogP contribution is 2.32. The first-order chi connectivity index (χ1) is 9.81. The zero-order valence-electron chi connectivity index (χ0n) is 11.4. The molecule has 1 aromatic heterocycles. The van der Waals surface area contributed by atoms with Gasteiger partial charge in [0.1, 0.15) is 0 Å². The fraction of sp³-hybridized carbons (Fsp3) is 0.353. The quantitative estimate of drug-likeness (QED) is 0.768. The minimum absolute atomic E-state index is 0.0771. The Labute approximate surface area is 124 Å². The molecule has 0 atom stereocenters. The van der Waals surface area contributed by atoms with E-state index in [1.807, 2.05) is 34.9 Å². The van der Waals surface area contributed by atoms with E-state index in [4.69, 9.17) is 11.6 Å². The van der Waals surface area contributed by atoms with Crippen LogP contribution < -0.4 is 5.56 Å². The number of benzene rings is 1. The highest BCUT2D eigenvalue weighted by Gasteiger charge is 2.22. The number of hydrogen-bond acceptors (Lipinski definition) is 1. The van der Waals surface area contributed by atoms with Crippen LogP contribution in [-0.4, -0.2) is 4.57 Å². The molecule has 0 radical (unpaired) electrons. The van der Waals surface area contributed by atoms with Gasteiger partial charge in [-0.15, -0.1) is 11.6 Å². The van der Waals surface area contributed by atoms with E-state index in [0.29, 0.717) is 11.6 Å². The Hall–Kier alpha value is -1.54. The summed E-state index contributed by atoms with van der Waals surface area (Å²) in [6.45, 7) is 0. The molecule has 1 saturated carbocycles. The molecule has 1 fully saturated rings. The second-order valence-electron chi connectivity index (χ2n) is 5.36. The van der Waals surface area contributed by atoms with Gasteiger partial charge in [-0.2, -0.15) is 0 Å². The van der Waals surface area contributed by atoms with Crippen molar-refractivity contribution in [3.8, 4) is 11.3 Å². The van der Waals surface area contributed by atoms with Crippen LogP contribution in [0, 0.1) is 0 Å². The van der Waals surface area contributed by atoms with E-state index in [2.05, 4.69) is 12.1 Å². The lowest BCUT2D eigenvalue weighted by Crippen LogP contribution is -2.27. The number of alkyl halides is 1. The molecule has 2 aromatic rings. The molecule has 1 aliphatic carbocycles. The summed E-state index contributed by atoms with van der Waals surface area (Å²) in [6, 6.07) is 14.3. The summed E-state index contributed by atoms with van der Waals surface area (Å²) >= 11 is 5.90. The van der Waals surface area contributed by atoms with Crippen molar-refractivity contribution in [2.75, 3.05) is 0 Å². The molecule has 0 spiro atoms. The van der Waals surface area contributed by atoms with E-state index in [-0.39, 0.29) is 11.4 Å². The molecule has 0 amide bonds. The van der Waals surface area contributed by atoms with E-state index in [0.717, 1.165) is 24.1 Å². The van der Waals surface area contributed by atoms with E-state index in [1.54, 1.807) is 0 Å². The van der Waals surface area contributed by atoms with Gasteiger partial charge in [-0.25, -0.2) is 0 Å². The number of pyridine rings is 1. The van der Waals surface area contributed by atoms with Gasteiger partial charge in [0.2, 0.25) is 0 Å². The highest BCUT2D eigenvalue weighted by molar-refractivity contribution is 6.17. The minimum atomic E-state index is 0.0771. The first kappa shape index (κ1) is 13.4. The number of halogens is 1. The van der Waals surface area contributed by atoms with Gasteiger partial charge in [0.05, 0.1) is 11.6 Å². The zero-order chi connectivity index (χ0) is 13.9. The van der Waals surface area contributed by atoms with Gasteiger partial charge in [0.15, 0.2) is 0 Å². The van der Waals surface area contributed by atoms with Crippen LogP contribution >= 0.6 is 11.6 Å². The van der Waals surface area contributed by atoms with Crippen molar-refractivity contribution in [2.45, 2.75) is 37.6 Å². The molecule has 20 heavy (non-hydrogen) atoms. The number of rotatable bonds is 3. The molecule has 0 N–H and O–H groups in total. The van der Waals surface area contributed by atoms with Crippen LogP contribution in [0.1, 0.15) is 37.3 Å². The molecule has 0 bridgehead atoms. The summed E-state index contributed by atoms with van der Waals surface area (Å²) < 4.78 is 1.97. The molecular formula is C17H18ClNO. The zero-order valence-corrected chi connectivity index (χ0v) is 12.1. The molecule has 0 saturated heterocycles. The van der Waals surface area contributed by atoms with Crippen molar-refractivity contribution in [3.63, 3.8) is 0 Å². The lowest BCUT2D eigenvalue weighted by molar-refractivity contribution is 0.506. The Kier molecular flexibility index (Phi) is 3.93. The Morgan fingerprint density at radius 2 is 1.75 bits per heavy atom. The van der Waals surface area contributed by atoms with Gasteiger partial charge >= 0.3 is 0 Å². The molecule has 104 valence electrons. The minimum Gasteiger partial charge on any atom is -0.305 e. The van der Waals surface area contributed by atoms with Gasteiger partial charge in [-0.3, -0.25) is 4.79 Å². The average molecular weight is 288 g/mol. The molecule has 0 unspecified atom stereocenters. The first-order valence-electron chi connectivity index (χ1n) is 7.17. The summed E-state index contributed by atoms with van der Waals surface area (Å²) in [6.07, 6.45) is 4.59. The van der Waals surface area contributed by atoms with Gasteiger partial charge < -0.3 is 4.57 Å². The first-order valence-corrected chi connectivity index (χ1v) is 7.70. The highest BCUT2D eigenvalue weighted by atomic mass is 35.5. The fourth-order valence-corrected chi connectivity index (χ4v) is 3.27. The van der Waals surface area contributed by atoms with E-state index >= 15 is 0 Å². The molecule has 0 aliphatic heterocycles. The predicted molar refractivity (Wildman–Crippen MR) is 83.2 cm³/mol. The molecule has 1 aliphatic rings. The summed E-state index contributed by atoms with van der Waals surface area (Å²) in [5.41, 5.74) is 2.88. The van der Waals surface area contributed by atoms with Crippen molar-refractivity contribution in [1.82, 2.24) is 4.57 Å². The van der Waals surface area contributed by atoms with Crippen LogP contribution in [0.15, 0.2) is 47.3 Å². The third-order valence-electron chi connectivity index (χ3n) is 4.10. The van der Waals surface area contributed by atoms with Gasteiger partial charge in [0, 0.05) is 11.6 Å². The fourth-order valence-electron chi connectivity index (χ4n) is 3.07. The van der Waals surface area contributed by atoms with Gasteiger partial charge in [-0.1, -0.05) is 49.2 Å². The van der Waals surface area contributed by atoms with Gasteiger partial charge in [-0.05, 0) is 24.5 Å². The second-order valence-corrected chi connectivity index (χ2v) is 5.62. The Balaban J connectivity index is 2.19. The molecule has 1 aromatic carbocycles. The molecule has 3 rings (SSSR count). The van der Waals surface area contributed by atoms with Gasteiger partial charge in [0.25, 0.3) is 5.56 Å². The Morgan fingerprint density at radius 1 is 1.05 bits per heavy atom. The summed E-state index contributed by atoms with van der Waals surface area (Å²) in [5.74, 6) is 0.278. The lowest BCUT2D eigenvalue weighted by atomic mass is 10.1. The maximum Gasteiger partial charge on any atom is 0.255 e. The molecular weight excluding hydrogens is 270 g/mol. The van der Waals surface area contributed by atoms with Crippen LogP contribution in [0.2, 0.25) is 0 Å². The van der Waals surface area contributed by atoms with Crippen molar-refractivity contribution in [3.05, 3.63) is 58.4 Å². The van der Waals surface area contributed by atoms with Crippen molar-refractivity contribution in [2.24, 2.45) is 0 Å². The maximum absolute atomic E-state index is 12.7. The third-order valence-corrected chi connectivity index (χ3v) is 4.39. The van der Waals surface area contributed by atoms with Crippen molar-refractivity contribution < 1.29 is 0 Å². The maximum atomic E-state index is 12.7. The summed E-state index contributed by atoms with van der Waals surface area (Å²) in [4.78, 5) is 12.7. The molecule has 1 heterocycles. The van der Waals surface area contributed by atoms with Crippen LogP contribution in [0.4, 0.5) is 0 Å². The predicted octanol–water partition coefficient (Wildman–Crippen LogP) is 4.37. The van der Waals surface area contributed by atoms with E-state index < -0.39 is 0 Å². The van der Waals surface area contributed by atoms with E-state index in [1.165, 1.54) is 12.8 Å². The number of hydrogen-bond donors (Lipinski definition) is 0. The monoisotopic (exact) mass is 287 g/mol. The third kappa shape index (κ3) is 2.40. The molecule has 2 nitrogen and oxygen atoms in total. The second kappa shape index (κ2) is 5.84. The van der Waals surface area contributed by atoms with Crippen LogP contribution in [0.25, 0.3) is 11.3 Å². The van der Waals surface area contributed by atoms with Crippen molar-refractivity contribution in [1.29, 1.82) is 0 Å². The molecule has 3 heteroatoms. The largest absolute Gasteiger partial charge is 0.305 e. The average Bonchev–Trinajstić information content (AvgIpc) is 3.01. The topological polar surface area (TPSA) is 22.0 Å². The van der Waals surface area contributed by atoms with Crippen LogP contribution in [0.5, 0.6) is 0 Å². The number of aromatic nitrogens is 1. The summed E-state index contributed by atoms with van der Waals surface area (Å²) in [7, 11) is 0. The van der Waals surface area contributed by atoms with Crippen LogP contribution in [0.3, 0.4) is 0 Å². The lowest BCUT2D eigenvalue weighted by Gasteiger charge is -2.20. The van der Waals surface area contributed by atoms with Crippen molar-refractivity contribution >= 4 is 11.6 Å². The Bertz CT molecular complexity index is 642. The number of nitrogens with zero attached hydrogens (tertiary/aromatic N) is 1.